The van der Waals surface area contributed by atoms with Gasteiger partial charge in [0.05, 0.1) is 11.5 Å². The first-order valence-corrected chi connectivity index (χ1v) is 9.20. The summed E-state index contributed by atoms with van der Waals surface area (Å²) in [6.07, 6.45) is 5.98. The smallest absolute Gasteiger partial charge is 0.152 e. The van der Waals surface area contributed by atoms with Crippen LogP contribution in [0, 0.1) is 11.8 Å². The highest BCUT2D eigenvalue weighted by Crippen LogP contribution is 2.28. The summed E-state index contributed by atoms with van der Waals surface area (Å²) in [6.45, 7) is 7.00. The van der Waals surface area contributed by atoms with E-state index in [2.05, 4.69) is 12.2 Å². The van der Waals surface area contributed by atoms with Crippen molar-refractivity contribution in [2.24, 2.45) is 11.8 Å². The average Bonchev–Trinajstić information content (AvgIpc) is 2.75. The van der Waals surface area contributed by atoms with E-state index in [0.29, 0.717) is 17.4 Å². The fourth-order valence-corrected chi connectivity index (χ4v) is 4.99. The lowest BCUT2D eigenvalue weighted by molar-refractivity contribution is 0.382. The molecular formula is C14H29NO2S. The van der Waals surface area contributed by atoms with E-state index in [-0.39, 0.29) is 12.0 Å². The first-order chi connectivity index (χ1) is 8.44. The van der Waals surface area contributed by atoms with Crippen molar-refractivity contribution in [2.45, 2.75) is 58.9 Å². The van der Waals surface area contributed by atoms with Gasteiger partial charge in [0.1, 0.15) is 0 Å². The van der Waals surface area contributed by atoms with E-state index in [4.69, 9.17) is 0 Å². The van der Waals surface area contributed by atoms with Crippen LogP contribution in [0.2, 0.25) is 0 Å². The molecule has 1 fully saturated rings. The van der Waals surface area contributed by atoms with Gasteiger partial charge < -0.3 is 5.32 Å². The molecule has 1 saturated carbocycles. The molecule has 0 saturated heterocycles. The molecule has 0 bridgehead atoms. The molecule has 1 N–H and O–H groups in total. The third-order valence-corrected chi connectivity index (χ3v) is 5.69. The fourth-order valence-electron chi connectivity index (χ4n) is 2.90. The van der Waals surface area contributed by atoms with Gasteiger partial charge in [-0.3, -0.25) is 0 Å². The van der Waals surface area contributed by atoms with Gasteiger partial charge in [0.2, 0.25) is 0 Å². The summed E-state index contributed by atoms with van der Waals surface area (Å²) >= 11 is 0. The minimum atomic E-state index is -2.91. The third-order valence-electron chi connectivity index (χ3n) is 3.65. The van der Waals surface area contributed by atoms with Crippen LogP contribution in [-0.2, 0) is 9.84 Å². The zero-order valence-corrected chi connectivity index (χ0v) is 12.9. The van der Waals surface area contributed by atoms with Crippen molar-refractivity contribution in [3.8, 4) is 0 Å². The van der Waals surface area contributed by atoms with Crippen LogP contribution < -0.4 is 5.32 Å². The molecule has 108 valence electrons. The van der Waals surface area contributed by atoms with Gasteiger partial charge >= 0.3 is 0 Å². The Balaban J connectivity index is 2.59. The van der Waals surface area contributed by atoms with Gasteiger partial charge in [-0.15, -0.1) is 0 Å². The standard InChI is InChI=1S/C14H29NO2S/c1-4-9-15-14(13-7-5-6-8-13)11-18(16,17)10-12(2)3/h12-15H,4-11H2,1-3H3. The highest BCUT2D eigenvalue weighted by Gasteiger charge is 2.29. The Morgan fingerprint density at radius 2 is 1.78 bits per heavy atom. The maximum absolute atomic E-state index is 12.1. The predicted molar refractivity (Wildman–Crippen MR) is 77.5 cm³/mol. The Morgan fingerprint density at radius 3 is 2.28 bits per heavy atom. The second kappa shape index (κ2) is 7.49. The molecule has 0 amide bonds. The number of hydrogen-bond acceptors (Lipinski definition) is 3. The van der Waals surface area contributed by atoms with Crippen LogP contribution in [0.4, 0.5) is 0 Å². The number of nitrogens with one attached hydrogen (secondary N) is 1. The molecule has 4 heteroatoms. The molecule has 0 radical (unpaired) electrons. The minimum Gasteiger partial charge on any atom is -0.313 e. The number of hydrogen-bond donors (Lipinski definition) is 1. The van der Waals surface area contributed by atoms with Crippen molar-refractivity contribution >= 4 is 9.84 Å². The fraction of sp³-hybridized carbons (Fsp3) is 1.00. The summed E-state index contributed by atoms with van der Waals surface area (Å²) in [4.78, 5) is 0. The van der Waals surface area contributed by atoms with E-state index in [0.717, 1.165) is 13.0 Å². The van der Waals surface area contributed by atoms with Crippen LogP contribution in [0.1, 0.15) is 52.9 Å². The van der Waals surface area contributed by atoms with E-state index < -0.39 is 9.84 Å². The van der Waals surface area contributed by atoms with Gasteiger partial charge in [-0.2, -0.15) is 0 Å². The van der Waals surface area contributed by atoms with Crippen LogP contribution in [0.3, 0.4) is 0 Å². The summed E-state index contributed by atoms with van der Waals surface area (Å²) in [7, 11) is -2.91. The molecule has 0 aliphatic heterocycles. The summed E-state index contributed by atoms with van der Waals surface area (Å²) in [5.74, 6) is 1.45. The summed E-state index contributed by atoms with van der Waals surface area (Å²) < 4.78 is 24.3. The molecule has 0 aromatic heterocycles. The zero-order valence-electron chi connectivity index (χ0n) is 12.1. The first kappa shape index (κ1) is 16.0. The van der Waals surface area contributed by atoms with Crippen LogP contribution in [-0.4, -0.2) is 32.5 Å². The number of rotatable bonds is 8. The summed E-state index contributed by atoms with van der Waals surface area (Å²) in [5, 5.41) is 3.46. The Labute approximate surface area is 113 Å². The van der Waals surface area contributed by atoms with E-state index >= 15 is 0 Å². The average molecular weight is 275 g/mol. The quantitative estimate of drug-likeness (QED) is 0.740. The molecule has 1 rings (SSSR count). The van der Waals surface area contributed by atoms with Gasteiger partial charge in [-0.1, -0.05) is 33.6 Å². The second-order valence-corrected chi connectivity index (χ2v) is 8.23. The molecule has 1 unspecified atom stereocenters. The first-order valence-electron chi connectivity index (χ1n) is 7.38. The summed E-state index contributed by atoms with van der Waals surface area (Å²) in [5.41, 5.74) is 0. The molecule has 3 nitrogen and oxygen atoms in total. The Morgan fingerprint density at radius 1 is 1.17 bits per heavy atom. The van der Waals surface area contributed by atoms with E-state index in [1.807, 2.05) is 13.8 Å². The predicted octanol–water partition coefficient (Wildman–Crippen LogP) is 2.62. The lowest BCUT2D eigenvalue weighted by atomic mass is 10.00. The van der Waals surface area contributed by atoms with Gasteiger partial charge in [0, 0.05) is 6.04 Å². The minimum absolute atomic E-state index is 0.177. The van der Waals surface area contributed by atoms with E-state index in [1.165, 1.54) is 25.7 Å². The van der Waals surface area contributed by atoms with Crippen molar-refractivity contribution in [2.75, 3.05) is 18.1 Å². The molecule has 1 aliphatic carbocycles. The van der Waals surface area contributed by atoms with Gasteiger partial charge in [0.25, 0.3) is 0 Å². The van der Waals surface area contributed by atoms with Crippen molar-refractivity contribution in [3.05, 3.63) is 0 Å². The molecule has 1 atom stereocenters. The maximum Gasteiger partial charge on any atom is 0.152 e. The lowest BCUT2D eigenvalue weighted by Crippen LogP contribution is -2.42. The highest BCUT2D eigenvalue weighted by molar-refractivity contribution is 7.91. The molecule has 0 spiro atoms. The molecule has 1 aliphatic rings. The lowest BCUT2D eigenvalue weighted by Gasteiger charge is -2.25. The van der Waals surface area contributed by atoms with Gasteiger partial charge in [0.15, 0.2) is 9.84 Å². The van der Waals surface area contributed by atoms with Gasteiger partial charge in [-0.05, 0) is 37.6 Å². The van der Waals surface area contributed by atoms with Crippen LogP contribution >= 0.6 is 0 Å². The molecule has 18 heavy (non-hydrogen) atoms. The molecule has 0 aromatic rings. The molecule has 0 heterocycles. The van der Waals surface area contributed by atoms with Crippen LogP contribution in [0.15, 0.2) is 0 Å². The maximum atomic E-state index is 12.1. The zero-order chi connectivity index (χ0) is 13.6. The van der Waals surface area contributed by atoms with Crippen molar-refractivity contribution in [1.82, 2.24) is 5.32 Å². The van der Waals surface area contributed by atoms with Crippen molar-refractivity contribution in [3.63, 3.8) is 0 Å². The number of sulfone groups is 1. The monoisotopic (exact) mass is 275 g/mol. The normalized spacial score (nSPS) is 19.6. The van der Waals surface area contributed by atoms with Crippen LogP contribution in [0.5, 0.6) is 0 Å². The highest BCUT2D eigenvalue weighted by atomic mass is 32.2. The molecule has 0 aromatic carbocycles. The Hall–Kier alpha value is -0.0900. The van der Waals surface area contributed by atoms with E-state index in [1.54, 1.807) is 0 Å². The molecular weight excluding hydrogens is 246 g/mol. The largest absolute Gasteiger partial charge is 0.313 e. The SMILES string of the molecule is CCCNC(CS(=O)(=O)CC(C)C)C1CCCC1. The Bertz CT molecular complexity index is 319. The van der Waals surface area contributed by atoms with Crippen molar-refractivity contribution < 1.29 is 8.42 Å². The topological polar surface area (TPSA) is 46.2 Å². The second-order valence-electron chi connectivity index (χ2n) is 6.08. The van der Waals surface area contributed by atoms with E-state index in [9.17, 15) is 8.42 Å². The summed E-state index contributed by atoms with van der Waals surface area (Å²) in [6, 6.07) is 0.177. The third kappa shape index (κ3) is 5.70. The van der Waals surface area contributed by atoms with Crippen molar-refractivity contribution in [1.29, 1.82) is 0 Å². The van der Waals surface area contributed by atoms with Gasteiger partial charge in [-0.25, -0.2) is 8.42 Å². The Kier molecular flexibility index (Phi) is 6.64. The van der Waals surface area contributed by atoms with Crippen LogP contribution in [0.25, 0.3) is 0 Å².